The topological polar surface area (TPSA) is 59.7 Å². The van der Waals surface area contributed by atoms with Gasteiger partial charge in [0.05, 0.1) is 22.3 Å². The van der Waals surface area contributed by atoms with E-state index in [-0.39, 0.29) is 0 Å². The fourth-order valence-corrected chi connectivity index (χ4v) is 4.28. The van der Waals surface area contributed by atoms with Gasteiger partial charge < -0.3 is 4.90 Å². The predicted molar refractivity (Wildman–Crippen MR) is 92.0 cm³/mol. The number of piperidine rings is 1. The Kier molecular flexibility index (Phi) is 3.72. The smallest absolute Gasteiger partial charge is 0.163 e. The second-order valence-corrected chi connectivity index (χ2v) is 6.91. The summed E-state index contributed by atoms with van der Waals surface area (Å²) >= 11 is 1.80. The van der Waals surface area contributed by atoms with Crippen molar-refractivity contribution in [2.75, 3.05) is 18.0 Å². The van der Waals surface area contributed by atoms with Gasteiger partial charge in [-0.1, -0.05) is 6.92 Å². The van der Waals surface area contributed by atoms with E-state index in [0.717, 1.165) is 42.8 Å². The maximum atomic E-state index is 4.79. The molecule has 0 amide bonds. The number of hydrogen-bond donors (Lipinski definition) is 0. The number of anilines is 1. The monoisotopic (exact) mass is 328 g/mol. The van der Waals surface area contributed by atoms with E-state index in [1.807, 2.05) is 13.2 Å². The molecule has 1 saturated heterocycles. The van der Waals surface area contributed by atoms with Gasteiger partial charge in [-0.25, -0.2) is 15.0 Å². The highest BCUT2D eigenvalue weighted by Crippen LogP contribution is 2.33. The minimum absolute atomic E-state index is 0.496. The molecule has 7 heteroatoms. The summed E-state index contributed by atoms with van der Waals surface area (Å²) in [5, 5.41) is 8.81. The molecule has 0 saturated carbocycles. The summed E-state index contributed by atoms with van der Waals surface area (Å²) in [5.41, 5.74) is 2.10. The van der Waals surface area contributed by atoms with Crippen molar-refractivity contribution in [2.24, 2.45) is 7.05 Å². The molecule has 1 aliphatic rings. The Morgan fingerprint density at radius 3 is 3.09 bits per heavy atom. The van der Waals surface area contributed by atoms with Crippen molar-refractivity contribution in [3.05, 3.63) is 28.6 Å². The zero-order valence-electron chi connectivity index (χ0n) is 13.4. The van der Waals surface area contributed by atoms with Crippen LogP contribution in [0.5, 0.6) is 0 Å². The van der Waals surface area contributed by atoms with E-state index in [2.05, 4.69) is 32.3 Å². The van der Waals surface area contributed by atoms with Crippen LogP contribution in [-0.2, 0) is 13.5 Å². The van der Waals surface area contributed by atoms with Crippen LogP contribution in [0.4, 0.5) is 5.82 Å². The molecule has 0 aromatic carbocycles. The highest BCUT2D eigenvalue weighted by Gasteiger charge is 2.26. The number of fused-ring (bicyclic) bond motifs is 1. The summed E-state index contributed by atoms with van der Waals surface area (Å²) < 4.78 is 1.80. The average molecular weight is 328 g/mol. The summed E-state index contributed by atoms with van der Waals surface area (Å²) in [4.78, 5) is 16.0. The first kappa shape index (κ1) is 14.6. The molecule has 120 valence electrons. The predicted octanol–water partition coefficient (Wildman–Crippen LogP) is 2.77. The van der Waals surface area contributed by atoms with Crippen LogP contribution >= 0.6 is 11.3 Å². The van der Waals surface area contributed by atoms with Gasteiger partial charge in [0.25, 0.3) is 0 Å². The van der Waals surface area contributed by atoms with Crippen LogP contribution in [0.15, 0.2) is 17.9 Å². The van der Waals surface area contributed by atoms with Gasteiger partial charge in [0, 0.05) is 31.4 Å². The fourth-order valence-electron chi connectivity index (χ4n) is 3.25. The van der Waals surface area contributed by atoms with Crippen LogP contribution in [0, 0.1) is 0 Å². The Morgan fingerprint density at radius 2 is 2.26 bits per heavy atom. The van der Waals surface area contributed by atoms with Gasteiger partial charge in [-0.3, -0.25) is 4.68 Å². The van der Waals surface area contributed by atoms with Crippen molar-refractivity contribution in [3.63, 3.8) is 0 Å². The molecule has 4 rings (SSSR count). The van der Waals surface area contributed by atoms with E-state index >= 15 is 0 Å². The fraction of sp³-hybridized carbons (Fsp3) is 0.500. The van der Waals surface area contributed by atoms with Gasteiger partial charge >= 0.3 is 0 Å². The van der Waals surface area contributed by atoms with E-state index in [4.69, 9.17) is 4.98 Å². The molecule has 6 nitrogen and oxygen atoms in total. The van der Waals surface area contributed by atoms with Gasteiger partial charge in [0.15, 0.2) is 5.65 Å². The minimum atomic E-state index is 0.496. The summed E-state index contributed by atoms with van der Waals surface area (Å²) in [5.74, 6) is 1.50. The van der Waals surface area contributed by atoms with E-state index in [1.165, 1.54) is 17.1 Å². The Bertz CT molecular complexity index is 823. The Hall–Kier alpha value is -2.02. The molecule has 3 aromatic rings. The molecule has 0 unspecified atom stereocenters. The summed E-state index contributed by atoms with van der Waals surface area (Å²) in [6, 6.07) is 0. The lowest BCUT2D eigenvalue weighted by atomic mass is 9.98. The maximum Gasteiger partial charge on any atom is 0.163 e. The first-order chi connectivity index (χ1) is 11.3. The maximum absolute atomic E-state index is 4.79. The van der Waals surface area contributed by atoms with Crippen molar-refractivity contribution in [2.45, 2.75) is 32.1 Å². The van der Waals surface area contributed by atoms with Crippen LogP contribution in [0.2, 0.25) is 0 Å². The molecule has 23 heavy (non-hydrogen) atoms. The standard InChI is InChI=1S/C16H20N6S/c1-3-12-9-23-16(20-12)11-5-4-6-22(8-11)15-13-7-19-21(2)14(13)17-10-18-15/h7,9-11H,3-6,8H2,1-2H3/t11-/m1/s1. The Balaban J connectivity index is 1.63. The second-order valence-electron chi connectivity index (χ2n) is 6.02. The number of rotatable bonds is 3. The summed E-state index contributed by atoms with van der Waals surface area (Å²) in [6.45, 7) is 4.16. The molecular formula is C16H20N6S. The second kappa shape index (κ2) is 5.88. The molecule has 4 heterocycles. The Morgan fingerprint density at radius 1 is 1.35 bits per heavy atom. The van der Waals surface area contributed by atoms with Gasteiger partial charge in [-0.15, -0.1) is 11.3 Å². The third-order valence-electron chi connectivity index (χ3n) is 4.51. The normalized spacial score (nSPS) is 18.7. The van der Waals surface area contributed by atoms with Crippen LogP contribution in [-0.4, -0.2) is 37.8 Å². The van der Waals surface area contributed by atoms with Gasteiger partial charge in [-0.05, 0) is 19.3 Å². The molecule has 0 spiro atoms. The number of nitrogens with zero attached hydrogens (tertiary/aromatic N) is 6. The van der Waals surface area contributed by atoms with Crippen LogP contribution in [0.1, 0.15) is 36.4 Å². The third kappa shape index (κ3) is 2.59. The van der Waals surface area contributed by atoms with Crippen LogP contribution in [0.25, 0.3) is 11.0 Å². The highest BCUT2D eigenvalue weighted by atomic mass is 32.1. The number of thiazole rings is 1. The average Bonchev–Trinajstić information content (AvgIpc) is 3.22. The zero-order chi connectivity index (χ0) is 15.8. The lowest BCUT2D eigenvalue weighted by Crippen LogP contribution is -2.35. The summed E-state index contributed by atoms with van der Waals surface area (Å²) in [6.07, 6.45) is 6.88. The van der Waals surface area contributed by atoms with Crippen molar-refractivity contribution >= 4 is 28.2 Å². The molecule has 1 atom stereocenters. The van der Waals surface area contributed by atoms with E-state index in [0.29, 0.717) is 5.92 Å². The lowest BCUT2D eigenvalue weighted by molar-refractivity contribution is 0.505. The van der Waals surface area contributed by atoms with Crippen LogP contribution in [0.3, 0.4) is 0 Å². The van der Waals surface area contributed by atoms with Crippen molar-refractivity contribution in [3.8, 4) is 0 Å². The van der Waals surface area contributed by atoms with E-state index in [1.54, 1.807) is 22.3 Å². The molecular weight excluding hydrogens is 308 g/mol. The number of hydrogen-bond acceptors (Lipinski definition) is 6. The van der Waals surface area contributed by atoms with Crippen molar-refractivity contribution < 1.29 is 0 Å². The van der Waals surface area contributed by atoms with Gasteiger partial charge in [-0.2, -0.15) is 5.10 Å². The van der Waals surface area contributed by atoms with Gasteiger partial charge in [0.2, 0.25) is 0 Å². The highest BCUT2D eigenvalue weighted by molar-refractivity contribution is 7.09. The zero-order valence-corrected chi connectivity index (χ0v) is 14.3. The Labute approximate surface area is 139 Å². The van der Waals surface area contributed by atoms with Crippen molar-refractivity contribution in [1.29, 1.82) is 0 Å². The number of aryl methyl sites for hydroxylation is 2. The van der Waals surface area contributed by atoms with Crippen LogP contribution < -0.4 is 4.90 Å². The third-order valence-corrected chi connectivity index (χ3v) is 5.57. The van der Waals surface area contributed by atoms with E-state index in [9.17, 15) is 0 Å². The first-order valence-corrected chi connectivity index (χ1v) is 8.96. The van der Waals surface area contributed by atoms with Crippen molar-refractivity contribution in [1.82, 2.24) is 24.7 Å². The molecule has 0 radical (unpaired) electrons. The minimum Gasteiger partial charge on any atom is -0.355 e. The molecule has 0 bridgehead atoms. The lowest BCUT2D eigenvalue weighted by Gasteiger charge is -2.32. The largest absolute Gasteiger partial charge is 0.355 e. The van der Waals surface area contributed by atoms with Gasteiger partial charge in [0.1, 0.15) is 12.1 Å². The molecule has 1 fully saturated rings. The van der Waals surface area contributed by atoms with E-state index < -0.39 is 0 Å². The first-order valence-electron chi connectivity index (χ1n) is 8.08. The quantitative estimate of drug-likeness (QED) is 0.740. The summed E-state index contributed by atoms with van der Waals surface area (Å²) in [7, 11) is 1.92. The molecule has 0 aliphatic carbocycles. The molecule has 0 N–H and O–H groups in total. The SMILES string of the molecule is CCc1csc([C@@H]2CCCN(c3ncnc4c3cnn4C)C2)n1. The molecule has 1 aliphatic heterocycles. The molecule has 3 aromatic heterocycles. The number of aromatic nitrogens is 5.